The van der Waals surface area contributed by atoms with E-state index < -0.39 is 5.91 Å². The van der Waals surface area contributed by atoms with Gasteiger partial charge in [0.1, 0.15) is 5.82 Å². The molecule has 0 radical (unpaired) electrons. The first-order chi connectivity index (χ1) is 19.6. The van der Waals surface area contributed by atoms with Crippen LogP contribution in [0.5, 0.6) is 0 Å². The molecule has 3 rings (SSSR count). The van der Waals surface area contributed by atoms with E-state index in [2.05, 4.69) is 40.1 Å². The number of rotatable bonds is 13. The van der Waals surface area contributed by atoms with E-state index in [4.69, 9.17) is 5.73 Å². The number of hydrogen-bond acceptors (Lipinski definition) is 6. The van der Waals surface area contributed by atoms with Crippen molar-refractivity contribution in [3.05, 3.63) is 75.9 Å². The summed E-state index contributed by atoms with van der Waals surface area (Å²) in [5.74, 6) is 0.298. The average molecular weight is 572 g/mol. The molecule has 2 aromatic rings. The van der Waals surface area contributed by atoms with Crippen LogP contribution in [0.1, 0.15) is 75.5 Å². The van der Waals surface area contributed by atoms with Gasteiger partial charge in [-0.3, -0.25) is 9.59 Å². The Labute approximate surface area is 245 Å². The molecule has 9 heteroatoms. The third kappa shape index (κ3) is 14.3. The van der Waals surface area contributed by atoms with Crippen LogP contribution in [0.15, 0.2) is 53.7 Å². The number of nitrogens with one attached hydrogen (secondary N) is 2. The molecule has 0 spiro atoms. The van der Waals surface area contributed by atoms with Gasteiger partial charge in [0.2, 0.25) is 11.8 Å². The second kappa shape index (κ2) is 20.7. The van der Waals surface area contributed by atoms with Gasteiger partial charge < -0.3 is 21.3 Å². The van der Waals surface area contributed by atoms with Crippen LogP contribution in [0.3, 0.4) is 0 Å². The summed E-state index contributed by atoms with van der Waals surface area (Å²) in [6.07, 6.45) is 7.40. The van der Waals surface area contributed by atoms with Crippen molar-refractivity contribution in [3.8, 4) is 0 Å². The van der Waals surface area contributed by atoms with Crippen LogP contribution in [-0.4, -0.2) is 56.1 Å². The van der Waals surface area contributed by atoms with E-state index in [0.29, 0.717) is 0 Å². The minimum absolute atomic E-state index is 0.0780. The highest BCUT2D eigenvalue weighted by Gasteiger charge is 2.25. The van der Waals surface area contributed by atoms with E-state index in [-0.39, 0.29) is 36.9 Å². The zero-order valence-corrected chi connectivity index (χ0v) is 25.5. The van der Waals surface area contributed by atoms with Gasteiger partial charge in [0.05, 0.1) is 12.6 Å². The topological polar surface area (TPSA) is 117 Å². The van der Waals surface area contributed by atoms with E-state index in [0.717, 1.165) is 43.8 Å². The fraction of sp³-hybridized carbons (Fsp3) is 0.562. The summed E-state index contributed by atoms with van der Waals surface area (Å²) in [6.45, 7) is 9.07. The quantitative estimate of drug-likeness (QED) is 0.283. The average Bonchev–Trinajstić information content (AvgIpc) is 2.92. The Bertz CT molecular complexity index is 1010. The Balaban J connectivity index is 0.000000331. The van der Waals surface area contributed by atoms with Crippen LogP contribution in [0.4, 0.5) is 4.39 Å². The van der Waals surface area contributed by atoms with Gasteiger partial charge in [0, 0.05) is 7.05 Å². The maximum absolute atomic E-state index is 12.2. The molecule has 1 atom stereocenters. The number of amides is 2. The van der Waals surface area contributed by atoms with Gasteiger partial charge in [-0.15, -0.1) is 4.91 Å². The Hall–Kier alpha value is -3.17. The summed E-state index contributed by atoms with van der Waals surface area (Å²) in [4.78, 5) is 34.8. The molecule has 0 bridgehead atoms. The number of benzene rings is 2. The molecule has 0 aromatic heterocycles. The van der Waals surface area contributed by atoms with Crippen molar-refractivity contribution in [2.45, 2.75) is 78.2 Å². The zero-order valence-electron chi connectivity index (χ0n) is 25.5. The Kier molecular flexibility index (Phi) is 18.1. The molecule has 41 heavy (non-hydrogen) atoms. The van der Waals surface area contributed by atoms with E-state index in [1.807, 2.05) is 27.7 Å². The molecule has 1 saturated carbocycles. The number of carbonyl (C=O) groups is 2. The number of nitroso groups, excluding NO2 is 1. The van der Waals surface area contributed by atoms with Crippen LogP contribution in [0.2, 0.25) is 0 Å². The van der Waals surface area contributed by atoms with E-state index in [1.165, 1.54) is 41.9 Å². The highest BCUT2D eigenvalue weighted by molar-refractivity contribution is 5.87. The summed E-state index contributed by atoms with van der Waals surface area (Å²) >= 11 is 0. The molecule has 228 valence electrons. The van der Waals surface area contributed by atoms with E-state index in [1.54, 1.807) is 24.7 Å². The molecule has 4 N–H and O–H groups in total. The van der Waals surface area contributed by atoms with Gasteiger partial charge in [-0.2, -0.15) is 0 Å². The van der Waals surface area contributed by atoms with Gasteiger partial charge in [-0.1, -0.05) is 69.2 Å². The second-order valence-corrected chi connectivity index (χ2v) is 10.8. The molecule has 1 unspecified atom stereocenters. The van der Waals surface area contributed by atoms with Crippen LogP contribution in [-0.2, 0) is 16.0 Å². The summed E-state index contributed by atoms with van der Waals surface area (Å²) in [5.41, 5.74) is 9.76. The van der Waals surface area contributed by atoms with Crippen molar-refractivity contribution in [3.63, 3.8) is 0 Å². The molecule has 8 nitrogen and oxygen atoms in total. The summed E-state index contributed by atoms with van der Waals surface area (Å²) in [7, 11) is 1.57. The predicted molar refractivity (Wildman–Crippen MR) is 165 cm³/mol. The Morgan fingerprint density at radius 2 is 1.78 bits per heavy atom. The molecule has 0 saturated heterocycles. The standard InChI is InChI=1S/C13H19N.C12H24N4O3.C7H7F/c14-10-4-8-11-5-1-2-9-13(11)12-6-3-7-12;1-5-6-13-11(9(2)3)12(18)16(4)7-10(17)14-8-15-19;1-6-2-4-7(8)5-3-6/h1-2,5,9,12H,3-4,6-8,10,14H2;9,11,13H,5-8H2,1-4H3,(H,14,17);2-5H,1H3. The van der Waals surface area contributed by atoms with Crippen LogP contribution >= 0.6 is 0 Å². The molecule has 2 aromatic carbocycles. The maximum atomic E-state index is 12.2. The first-order valence-corrected chi connectivity index (χ1v) is 14.7. The second-order valence-electron chi connectivity index (χ2n) is 10.8. The van der Waals surface area contributed by atoms with Crippen molar-refractivity contribution in [1.82, 2.24) is 15.5 Å². The summed E-state index contributed by atoms with van der Waals surface area (Å²) in [6, 6.07) is 15.0. The number of aryl methyl sites for hydroxylation is 2. The normalized spacial score (nSPS) is 13.1. The van der Waals surface area contributed by atoms with Gasteiger partial charge in [-0.25, -0.2) is 4.39 Å². The van der Waals surface area contributed by atoms with Gasteiger partial charge in [-0.05, 0) is 92.4 Å². The third-order valence-corrected chi connectivity index (χ3v) is 6.91. The van der Waals surface area contributed by atoms with Gasteiger partial charge in [0.15, 0.2) is 6.67 Å². The minimum Gasteiger partial charge on any atom is -0.335 e. The van der Waals surface area contributed by atoms with E-state index >= 15 is 0 Å². The number of nitrogens with two attached hydrogens (primary N) is 1. The van der Waals surface area contributed by atoms with Crippen molar-refractivity contribution in [1.29, 1.82) is 0 Å². The fourth-order valence-electron chi connectivity index (χ4n) is 4.32. The molecule has 0 aliphatic heterocycles. The number of carbonyl (C=O) groups excluding carboxylic acids is 2. The Morgan fingerprint density at radius 3 is 2.29 bits per heavy atom. The van der Waals surface area contributed by atoms with E-state index in [9.17, 15) is 18.9 Å². The van der Waals surface area contributed by atoms with Crippen molar-refractivity contribution in [2.24, 2.45) is 16.8 Å². The Morgan fingerprint density at radius 1 is 1.12 bits per heavy atom. The lowest BCUT2D eigenvalue weighted by Crippen LogP contribution is -2.50. The lowest BCUT2D eigenvalue weighted by Gasteiger charge is -2.28. The molecule has 1 aliphatic rings. The number of hydrogen-bond donors (Lipinski definition) is 3. The van der Waals surface area contributed by atoms with Gasteiger partial charge >= 0.3 is 0 Å². The smallest absolute Gasteiger partial charge is 0.241 e. The highest BCUT2D eigenvalue weighted by Crippen LogP contribution is 2.38. The molecule has 2 amide bonds. The number of nitrogens with zero attached hydrogens (tertiary/aromatic N) is 2. The first-order valence-electron chi connectivity index (χ1n) is 14.7. The van der Waals surface area contributed by atoms with Crippen LogP contribution in [0, 0.1) is 23.6 Å². The van der Waals surface area contributed by atoms with Crippen molar-refractivity contribution < 1.29 is 14.0 Å². The monoisotopic (exact) mass is 571 g/mol. The number of halogens is 1. The van der Waals surface area contributed by atoms with Crippen molar-refractivity contribution >= 4 is 11.8 Å². The zero-order chi connectivity index (χ0) is 30.6. The molecule has 0 heterocycles. The lowest BCUT2D eigenvalue weighted by atomic mass is 9.77. The molecular weight excluding hydrogens is 521 g/mol. The van der Waals surface area contributed by atoms with Crippen molar-refractivity contribution in [2.75, 3.05) is 33.4 Å². The predicted octanol–water partition coefficient (Wildman–Crippen LogP) is 5.29. The van der Waals surface area contributed by atoms with Crippen LogP contribution < -0.4 is 16.4 Å². The molecular formula is C32H50FN5O3. The lowest BCUT2D eigenvalue weighted by molar-refractivity contribution is -0.137. The highest BCUT2D eigenvalue weighted by atomic mass is 19.1. The van der Waals surface area contributed by atoms with Crippen LogP contribution in [0.25, 0.3) is 0 Å². The molecule has 1 fully saturated rings. The number of likely N-dealkylation sites (N-methyl/N-ethyl adjacent to an activating group) is 1. The SMILES string of the molecule is CCCNC(C(=O)N(C)CC(=O)NCN=O)C(C)C.Cc1ccc(F)cc1.NCCCc1ccccc1C1CCC1. The first kappa shape index (κ1) is 35.9. The molecule has 1 aliphatic carbocycles. The summed E-state index contributed by atoms with van der Waals surface area (Å²) in [5, 5.41) is 8.01. The fourth-order valence-corrected chi connectivity index (χ4v) is 4.32. The minimum atomic E-state index is -0.395. The summed E-state index contributed by atoms with van der Waals surface area (Å²) < 4.78 is 12.1. The third-order valence-electron chi connectivity index (χ3n) is 6.91. The largest absolute Gasteiger partial charge is 0.335 e. The maximum Gasteiger partial charge on any atom is 0.241 e. The van der Waals surface area contributed by atoms with Gasteiger partial charge in [0.25, 0.3) is 0 Å².